The first-order valence-electron chi connectivity index (χ1n) is 5.80. The predicted octanol–water partition coefficient (Wildman–Crippen LogP) is 3.09. The summed E-state index contributed by atoms with van der Waals surface area (Å²) in [5, 5.41) is 3.46. The minimum atomic E-state index is -0.618. The van der Waals surface area contributed by atoms with Crippen LogP contribution in [0.4, 0.5) is 14.6 Å². The normalized spacial score (nSPS) is 10.6. The van der Waals surface area contributed by atoms with E-state index in [-0.39, 0.29) is 6.61 Å². The van der Waals surface area contributed by atoms with Gasteiger partial charge in [-0.25, -0.2) is 18.7 Å². The molecule has 1 heterocycles. The summed E-state index contributed by atoms with van der Waals surface area (Å²) in [7, 11) is 3.27. The third kappa shape index (κ3) is 3.64. The minimum absolute atomic E-state index is 0.259. The Bertz CT molecular complexity index is 610. The van der Waals surface area contributed by atoms with Crippen molar-refractivity contribution in [3.8, 4) is 0 Å². The number of nitrogens with zero attached hydrogens (tertiary/aromatic N) is 2. The zero-order chi connectivity index (χ0) is 14.5. The maximum atomic E-state index is 13.6. The van der Waals surface area contributed by atoms with Crippen molar-refractivity contribution >= 4 is 17.6 Å². The highest BCUT2D eigenvalue weighted by Gasteiger charge is 2.09. The number of methoxy groups -OCH3 is 1. The van der Waals surface area contributed by atoms with Gasteiger partial charge in [0.15, 0.2) is 5.82 Å². The standard InChI is InChI=1S/C13H13F2N3OS/c1-16-11-6-13(18-12(17-11)7-19-2)20-10-4-3-8(14)5-9(10)15/h3-6H,7H2,1-2H3,(H,16,17,18). The average molecular weight is 297 g/mol. The molecule has 1 aromatic heterocycles. The van der Waals surface area contributed by atoms with Gasteiger partial charge in [-0.3, -0.25) is 0 Å². The molecule has 0 atom stereocenters. The Labute approximate surface area is 119 Å². The zero-order valence-electron chi connectivity index (χ0n) is 11.0. The number of hydrogen-bond acceptors (Lipinski definition) is 5. The number of aromatic nitrogens is 2. The van der Waals surface area contributed by atoms with E-state index < -0.39 is 11.6 Å². The van der Waals surface area contributed by atoms with Crippen molar-refractivity contribution in [3.05, 3.63) is 41.7 Å². The minimum Gasteiger partial charge on any atom is -0.377 e. The van der Waals surface area contributed by atoms with Gasteiger partial charge in [0, 0.05) is 31.2 Å². The summed E-state index contributed by atoms with van der Waals surface area (Å²) in [6.45, 7) is 0.259. The highest BCUT2D eigenvalue weighted by atomic mass is 32.2. The van der Waals surface area contributed by atoms with Crippen LogP contribution in [0.25, 0.3) is 0 Å². The summed E-state index contributed by atoms with van der Waals surface area (Å²) in [6.07, 6.45) is 0. The Balaban J connectivity index is 2.29. The number of ether oxygens (including phenoxy) is 1. The molecule has 0 saturated heterocycles. The molecule has 0 fully saturated rings. The number of anilines is 1. The van der Waals surface area contributed by atoms with E-state index in [4.69, 9.17) is 4.74 Å². The van der Waals surface area contributed by atoms with Crippen molar-refractivity contribution < 1.29 is 13.5 Å². The van der Waals surface area contributed by atoms with Crippen LogP contribution >= 0.6 is 11.8 Å². The second-order valence-corrected chi connectivity index (χ2v) is 4.93. The van der Waals surface area contributed by atoms with Crippen LogP contribution in [-0.2, 0) is 11.3 Å². The van der Waals surface area contributed by atoms with Crippen LogP contribution in [0.5, 0.6) is 0 Å². The lowest BCUT2D eigenvalue weighted by atomic mass is 10.3. The van der Waals surface area contributed by atoms with E-state index in [0.717, 1.165) is 17.8 Å². The summed E-state index contributed by atoms with van der Waals surface area (Å²) >= 11 is 1.10. The molecule has 7 heteroatoms. The van der Waals surface area contributed by atoms with E-state index >= 15 is 0 Å². The van der Waals surface area contributed by atoms with Crippen molar-refractivity contribution in [2.75, 3.05) is 19.5 Å². The molecule has 0 spiro atoms. The molecule has 4 nitrogen and oxygen atoms in total. The van der Waals surface area contributed by atoms with Gasteiger partial charge < -0.3 is 10.1 Å². The van der Waals surface area contributed by atoms with Gasteiger partial charge in [-0.1, -0.05) is 11.8 Å². The lowest BCUT2D eigenvalue weighted by molar-refractivity contribution is 0.177. The molecule has 106 valence electrons. The summed E-state index contributed by atoms with van der Waals surface area (Å²) in [4.78, 5) is 8.76. The van der Waals surface area contributed by atoms with Crippen LogP contribution in [0.2, 0.25) is 0 Å². The van der Waals surface area contributed by atoms with Gasteiger partial charge in [-0.15, -0.1) is 0 Å². The molecule has 0 amide bonds. The smallest absolute Gasteiger partial charge is 0.157 e. The van der Waals surface area contributed by atoms with Crippen LogP contribution in [0, 0.1) is 11.6 Å². The zero-order valence-corrected chi connectivity index (χ0v) is 11.8. The van der Waals surface area contributed by atoms with Crippen LogP contribution < -0.4 is 5.32 Å². The number of hydrogen-bond donors (Lipinski definition) is 1. The Morgan fingerprint density at radius 3 is 2.70 bits per heavy atom. The van der Waals surface area contributed by atoms with Crippen molar-refractivity contribution in [1.29, 1.82) is 0 Å². The average Bonchev–Trinajstić information content (AvgIpc) is 2.42. The van der Waals surface area contributed by atoms with E-state index in [1.807, 2.05) is 0 Å². The molecule has 20 heavy (non-hydrogen) atoms. The summed E-state index contributed by atoms with van der Waals surface area (Å²) in [6, 6.07) is 5.12. The number of rotatable bonds is 5. The van der Waals surface area contributed by atoms with E-state index in [9.17, 15) is 8.78 Å². The third-order valence-electron chi connectivity index (χ3n) is 2.39. The highest BCUT2D eigenvalue weighted by Crippen LogP contribution is 2.30. The van der Waals surface area contributed by atoms with Crippen molar-refractivity contribution in [2.45, 2.75) is 16.5 Å². The van der Waals surface area contributed by atoms with Crippen molar-refractivity contribution in [2.24, 2.45) is 0 Å². The SMILES string of the molecule is CNc1cc(Sc2ccc(F)cc2F)nc(COC)n1. The second-order valence-electron chi connectivity index (χ2n) is 3.87. The highest BCUT2D eigenvalue weighted by molar-refractivity contribution is 7.99. The van der Waals surface area contributed by atoms with Gasteiger partial charge >= 0.3 is 0 Å². The predicted molar refractivity (Wildman–Crippen MR) is 72.8 cm³/mol. The summed E-state index contributed by atoms with van der Waals surface area (Å²) < 4.78 is 31.5. The van der Waals surface area contributed by atoms with Crippen LogP contribution in [0.3, 0.4) is 0 Å². The first-order valence-corrected chi connectivity index (χ1v) is 6.61. The van der Waals surface area contributed by atoms with Gasteiger partial charge in [0.2, 0.25) is 0 Å². The largest absolute Gasteiger partial charge is 0.377 e. The fraction of sp³-hybridized carbons (Fsp3) is 0.231. The van der Waals surface area contributed by atoms with Gasteiger partial charge in [0.05, 0.1) is 0 Å². The molecule has 0 bridgehead atoms. The molecular weight excluding hydrogens is 284 g/mol. The number of benzene rings is 1. The van der Waals surface area contributed by atoms with E-state index in [0.29, 0.717) is 21.6 Å². The molecule has 0 aliphatic heterocycles. The fourth-order valence-electron chi connectivity index (χ4n) is 1.52. The summed E-state index contributed by atoms with van der Waals surface area (Å²) in [5.74, 6) is -0.125. The molecule has 1 N–H and O–H groups in total. The fourth-order valence-corrected chi connectivity index (χ4v) is 2.36. The Hall–Kier alpha value is -1.73. The molecule has 0 radical (unpaired) electrons. The van der Waals surface area contributed by atoms with Crippen LogP contribution in [0.15, 0.2) is 34.2 Å². The molecule has 2 rings (SSSR count). The van der Waals surface area contributed by atoms with Crippen molar-refractivity contribution in [1.82, 2.24) is 9.97 Å². The van der Waals surface area contributed by atoms with Crippen LogP contribution in [0.1, 0.15) is 5.82 Å². The first-order chi connectivity index (χ1) is 9.62. The molecule has 0 aliphatic rings. The molecule has 0 aliphatic carbocycles. The maximum absolute atomic E-state index is 13.6. The van der Waals surface area contributed by atoms with Gasteiger partial charge in [-0.05, 0) is 12.1 Å². The third-order valence-corrected chi connectivity index (χ3v) is 3.36. The number of nitrogens with one attached hydrogen (secondary N) is 1. The Morgan fingerprint density at radius 1 is 1.25 bits per heavy atom. The monoisotopic (exact) mass is 297 g/mol. The number of halogens is 2. The molecule has 0 saturated carbocycles. The van der Waals surface area contributed by atoms with Gasteiger partial charge in [0.25, 0.3) is 0 Å². The molecule has 1 aromatic carbocycles. The Kier molecular flexibility index (Phi) is 4.86. The maximum Gasteiger partial charge on any atom is 0.157 e. The van der Waals surface area contributed by atoms with E-state index in [1.165, 1.54) is 12.1 Å². The molecule has 0 unspecified atom stereocenters. The lowest BCUT2D eigenvalue weighted by Crippen LogP contribution is -2.02. The second kappa shape index (κ2) is 6.62. The van der Waals surface area contributed by atoms with E-state index in [1.54, 1.807) is 20.2 Å². The van der Waals surface area contributed by atoms with Crippen LogP contribution in [-0.4, -0.2) is 24.1 Å². The van der Waals surface area contributed by atoms with Gasteiger partial charge in [0.1, 0.15) is 29.1 Å². The lowest BCUT2D eigenvalue weighted by Gasteiger charge is -2.07. The Morgan fingerprint density at radius 2 is 2.05 bits per heavy atom. The van der Waals surface area contributed by atoms with Gasteiger partial charge in [-0.2, -0.15) is 0 Å². The van der Waals surface area contributed by atoms with Crippen molar-refractivity contribution in [3.63, 3.8) is 0 Å². The first kappa shape index (κ1) is 14.7. The summed E-state index contributed by atoms with van der Waals surface area (Å²) in [5.41, 5.74) is 0. The van der Waals surface area contributed by atoms with E-state index in [2.05, 4.69) is 15.3 Å². The molecular formula is C13H13F2N3OS. The molecule has 2 aromatic rings. The quantitative estimate of drug-likeness (QED) is 0.859. The topological polar surface area (TPSA) is 47.0 Å².